The zero-order chi connectivity index (χ0) is 24.5. The second-order valence-corrected chi connectivity index (χ2v) is 11.4. The predicted molar refractivity (Wildman–Crippen MR) is 137 cm³/mol. The smallest absolute Gasteiger partial charge is 0.262 e. The van der Waals surface area contributed by atoms with E-state index in [0.717, 1.165) is 68.9 Å². The Balaban J connectivity index is 1.71. The quantitative estimate of drug-likeness (QED) is 0.676. The number of aryl methyl sites for hydroxylation is 3. The predicted octanol–water partition coefficient (Wildman–Crippen LogP) is 3.69. The number of hydrogen-bond donors (Lipinski definition) is 2. The molecule has 1 atom stereocenters. The largest absolute Gasteiger partial charge is 0.367 e. The van der Waals surface area contributed by atoms with Crippen LogP contribution in [-0.4, -0.2) is 58.5 Å². The first-order valence-corrected chi connectivity index (χ1v) is 13.6. The maximum atomic E-state index is 13.5. The summed E-state index contributed by atoms with van der Waals surface area (Å²) in [6.07, 6.45) is 2.13. The van der Waals surface area contributed by atoms with Crippen molar-refractivity contribution in [2.24, 2.45) is 5.92 Å². The SMILES string of the molecule is Cc1cc(C)c(S(=O)(=O)Nc2cc(C(=O)N3CCC[C@H](C)C3)ccc2N2CCNCC2)cc1C. The number of piperazine rings is 1. The zero-order valence-corrected chi connectivity index (χ0v) is 21.5. The minimum absolute atomic E-state index is 0.0405. The molecule has 8 heteroatoms. The molecule has 0 spiro atoms. The van der Waals surface area contributed by atoms with Crippen LogP contribution in [0, 0.1) is 26.7 Å². The Morgan fingerprint density at radius 1 is 1.00 bits per heavy atom. The van der Waals surface area contributed by atoms with E-state index in [4.69, 9.17) is 0 Å². The van der Waals surface area contributed by atoms with Crippen molar-refractivity contribution >= 4 is 27.3 Å². The number of anilines is 2. The lowest BCUT2D eigenvalue weighted by atomic mass is 9.99. The third-order valence-corrected chi connectivity index (χ3v) is 8.48. The lowest BCUT2D eigenvalue weighted by molar-refractivity contribution is 0.0683. The van der Waals surface area contributed by atoms with Crippen LogP contribution in [0.2, 0.25) is 0 Å². The van der Waals surface area contributed by atoms with E-state index in [9.17, 15) is 13.2 Å². The fourth-order valence-corrected chi connectivity index (χ4v) is 6.29. The number of hydrogen-bond acceptors (Lipinski definition) is 5. The van der Waals surface area contributed by atoms with E-state index in [0.29, 0.717) is 22.7 Å². The van der Waals surface area contributed by atoms with Crippen LogP contribution in [0.4, 0.5) is 11.4 Å². The van der Waals surface area contributed by atoms with Gasteiger partial charge in [-0.2, -0.15) is 0 Å². The Kier molecular flexibility index (Phi) is 7.19. The van der Waals surface area contributed by atoms with E-state index < -0.39 is 10.0 Å². The number of carbonyl (C=O) groups is 1. The van der Waals surface area contributed by atoms with E-state index >= 15 is 0 Å². The molecule has 7 nitrogen and oxygen atoms in total. The Hall–Kier alpha value is -2.58. The van der Waals surface area contributed by atoms with Crippen molar-refractivity contribution in [2.45, 2.75) is 45.4 Å². The third-order valence-electron chi connectivity index (χ3n) is 6.97. The van der Waals surface area contributed by atoms with Gasteiger partial charge in [0.1, 0.15) is 0 Å². The Labute approximate surface area is 203 Å². The summed E-state index contributed by atoms with van der Waals surface area (Å²) in [6.45, 7) is 12.6. The number of piperidine rings is 1. The molecule has 2 aliphatic rings. The monoisotopic (exact) mass is 484 g/mol. The molecule has 34 heavy (non-hydrogen) atoms. The Morgan fingerprint density at radius 2 is 1.71 bits per heavy atom. The van der Waals surface area contributed by atoms with Gasteiger partial charge in [-0.3, -0.25) is 9.52 Å². The van der Waals surface area contributed by atoms with Crippen molar-refractivity contribution in [1.82, 2.24) is 10.2 Å². The fourth-order valence-electron chi connectivity index (χ4n) is 4.91. The van der Waals surface area contributed by atoms with Gasteiger partial charge in [-0.05, 0) is 80.5 Å². The highest BCUT2D eigenvalue weighted by molar-refractivity contribution is 7.92. The third kappa shape index (κ3) is 5.23. The number of carbonyl (C=O) groups excluding carboxylic acids is 1. The second-order valence-electron chi connectivity index (χ2n) is 9.78. The molecule has 0 bridgehead atoms. The molecule has 184 valence electrons. The Morgan fingerprint density at radius 3 is 2.41 bits per heavy atom. The highest BCUT2D eigenvalue weighted by Crippen LogP contribution is 2.32. The summed E-state index contributed by atoms with van der Waals surface area (Å²) < 4.78 is 29.9. The molecule has 2 aromatic rings. The molecule has 0 saturated carbocycles. The summed E-state index contributed by atoms with van der Waals surface area (Å²) in [5.74, 6) is 0.435. The van der Waals surface area contributed by atoms with E-state index in [-0.39, 0.29) is 10.8 Å². The summed E-state index contributed by atoms with van der Waals surface area (Å²) in [5, 5.41) is 3.33. The summed E-state index contributed by atoms with van der Waals surface area (Å²) in [7, 11) is -3.84. The van der Waals surface area contributed by atoms with Gasteiger partial charge >= 0.3 is 0 Å². The molecule has 0 aliphatic carbocycles. The van der Waals surface area contributed by atoms with Crippen LogP contribution in [0.5, 0.6) is 0 Å². The highest BCUT2D eigenvalue weighted by atomic mass is 32.2. The number of sulfonamides is 1. The summed E-state index contributed by atoms with van der Waals surface area (Å²) >= 11 is 0. The van der Waals surface area contributed by atoms with Gasteiger partial charge in [0, 0.05) is 44.8 Å². The van der Waals surface area contributed by atoms with Crippen LogP contribution in [0.15, 0.2) is 35.2 Å². The molecule has 4 rings (SSSR count). The van der Waals surface area contributed by atoms with Gasteiger partial charge in [-0.1, -0.05) is 13.0 Å². The summed E-state index contributed by atoms with van der Waals surface area (Å²) in [6, 6.07) is 9.06. The lowest BCUT2D eigenvalue weighted by Crippen LogP contribution is -2.44. The molecule has 0 aromatic heterocycles. The normalized spacial score (nSPS) is 19.2. The van der Waals surface area contributed by atoms with Crippen LogP contribution >= 0.6 is 0 Å². The number of nitrogens with zero attached hydrogens (tertiary/aromatic N) is 2. The van der Waals surface area contributed by atoms with Crippen molar-refractivity contribution in [1.29, 1.82) is 0 Å². The maximum absolute atomic E-state index is 13.5. The van der Waals surface area contributed by atoms with Crippen molar-refractivity contribution in [3.63, 3.8) is 0 Å². The molecular formula is C26H36N4O3S. The summed E-state index contributed by atoms with van der Waals surface area (Å²) in [4.78, 5) is 17.6. The van der Waals surface area contributed by atoms with Gasteiger partial charge in [0.05, 0.1) is 16.3 Å². The molecule has 0 radical (unpaired) electrons. The molecule has 2 aromatic carbocycles. The number of likely N-dealkylation sites (tertiary alicyclic amines) is 1. The van der Waals surface area contributed by atoms with Crippen LogP contribution in [0.3, 0.4) is 0 Å². The highest BCUT2D eigenvalue weighted by Gasteiger charge is 2.26. The van der Waals surface area contributed by atoms with Gasteiger partial charge in [-0.25, -0.2) is 8.42 Å². The van der Waals surface area contributed by atoms with E-state index in [1.165, 1.54) is 0 Å². The first kappa shape index (κ1) is 24.5. The molecule has 2 aliphatic heterocycles. The minimum atomic E-state index is -3.84. The second kappa shape index (κ2) is 9.96. The molecule has 2 fully saturated rings. The average molecular weight is 485 g/mol. The van der Waals surface area contributed by atoms with Gasteiger partial charge in [0.15, 0.2) is 0 Å². The topological polar surface area (TPSA) is 81.8 Å². The molecule has 0 unspecified atom stereocenters. The average Bonchev–Trinajstić information content (AvgIpc) is 2.81. The van der Waals surface area contributed by atoms with Crippen LogP contribution in [-0.2, 0) is 10.0 Å². The van der Waals surface area contributed by atoms with Gasteiger partial charge in [0.2, 0.25) is 0 Å². The van der Waals surface area contributed by atoms with Crippen molar-refractivity contribution in [3.05, 3.63) is 52.6 Å². The first-order chi connectivity index (χ1) is 16.2. The van der Waals surface area contributed by atoms with Crippen molar-refractivity contribution < 1.29 is 13.2 Å². The molecule has 2 saturated heterocycles. The lowest BCUT2D eigenvalue weighted by Gasteiger charge is -2.33. The Bertz CT molecular complexity index is 1170. The van der Waals surface area contributed by atoms with E-state index in [2.05, 4.69) is 21.9 Å². The summed E-state index contributed by atoms with van der Waals surface area (Å²) in [5.41, 5.74) is 4.46. The molecular weight excluding hydrogens is 448 g/mol. The van der Waals surface area contributed by atoms with E-state index in [1.807, 2.05) is 43.9 Å². The number of benzene rings is 2. The minimum Gasteiger partial charge on any atom is -0.367 e. The molecule has 1 amide bonds. The molecule has 2 N–H and O–H groups in total. The van der Waals surface area contributed by atoms with Crippen molar-refractivity contribution in [3.8, 4) is 0 Å². The maximum Gasteiger partial charge on any atom is 0.262 e. The fraction of sp³-hybridized carbons (Fsp3) is 0.500. The van der Waals surface area contributed by atoms with Gasteiger partial charge in [0.25, 0.3) is 15.9 Å². The number of amides is 1. The molecule has 2 heterocycles. The number of rotatable bonds is 5. The number of nitrogens with one attached hydrogen (secondary N) is 2. The van der Waals surface area contributed by atoms with Gasteiger partial charge in [-0.15, -0.1) is 0 Å². The van der Waals surface area contributed by atoms with Crippen LogP contribution in [0.25, 0.3) is 0 Å². The van der Waals surface area contributed by atoms with Crippen molar-refractivity contribution in [2.75, 3.05) is 48.9 Å². The van der Waals surface area contributed by atoms with Gasteiger partial charge < -0.3 is 15.1 Å². The standard InChI is InChI=1S/C26H36N4O3S/c1-18-6-5-11-30(17-18)26(31)22-7-8-24(29-12-9-27-10-13-29)23(16-22)28-34(32,33)25-15-20(3)19(2)14-21(25)4/h7-8,14-16,18,27-28H,5-6,9-13,17H2,1-4H3/t18-/m0/s1. The van der Waals surface area contributed by atoms with Crippen LogP contribution < -0.4 is 14.9 Å². The first-order valence-electron chi connectivity index (χ1n) is 12.2. The van der Waals surface area contributed by atoms with Crippen LogP contribution in [0.1, 0.15) is 46.8 Å². The van der Waals surface area contributed by atoms with E-state index in [1.54, 1.807) is 12.1 Å². The zero-order valence-electron chi connectivity index (χ0n) is 20.6.